The molecule has 0 saturated heterocycles. The maximum atomic E-state index is 3.71. The molecule has 1 aliphatic carbocycles. The largest absolute Gasteiger partial charge is 0.314 e. The van der Waals surface area contributed by atoms with Crippen LogP contribution in [0.25, 0.3) is 0 Å². The summed E-state index contributed by atoms with van der Waals surface area (Å²) >= 11 is 0. The molecule has 1 fully saturated rings. The van der Waals surface area contributed by atoms with Crippen LogP contribution in [-0.2, 0) is 0 Å². The molecule has 1 unspecified atom stereocenters. The average Bonchev–Trinajstić information content (AvgIpc) is 2.90. The third-order valence-electron chi connectivity index (χ3n) is 3.93. The first-order valence-electron chi connectivity index (χ1n) is 7.42. The highest BCUT2D eigenvalue weighted by Gasteiger charge is 2.28. The Kier molecular flexibility index (Phi) is 5.07. The van der Waals surface area contributed by atoms with Crippen molar-refractivity contribution in [2.24, 2.45) is 16.7 Å². The number of nitrogens with one attached hydrogen (secondary N) is 1. The third kappa shape index (κ3) is 7.08. The minimum Gasteiger partial charge on any atom is -0.314 e. The molecular formula is C16H33N. The van der Waals surface area contributed by atoms with Crippen LogP contribution in [0.4, 0.5) is 0 Å². The molecule has 0 aliphatic heterocycles. The van der Waals surface area contributed by atoms with Crippen LogP contribution in [0.2, 0.25) is 0 Å². The first kappa shape index (κ1) is 15.0. The number of rotatable bonds is 6. The van der Waals surface area contributed by atoms with Crippen molar-refractivity contribution >= 4 is 0 Å². The van der Waals surface area contributed by atoms with E-state index < -0.39 is 0 Å². The van der Waals surface area contributed by atoms with Crippen molar-refractivity contribution in [3.63, 3.8) is 0 Å². The van der Waals surface area contributed by atoms with Gasteiger partial charge in [-0.3, -0.25) is 0 Å². The Bertz CT molecular complexity index is 215. The van der Waals surface area contributed by atoms with Crippen molar-refractivity contribution in [3.8, 4) is 0 Å². The summed E-state index contributed by atoms with van der Waals surface area (Å²) in [5.41, 5.74) is 0.937. The van der Waals surface area contributed by atoms with E-state index >= 15 is 0 Å². The summed E-state index contributed by atoms with van der Waals surface area (Å²) < 4.78 is 0. The summed E-state index contributed by atoms with van der Waals surface area (Å²) in [5, 5.41) is 3.71. The Morgan fingerprint density at radius 3 is 2.06 bits per heavy atom. The van der Waals surface area contributed by atoms with Gasteiger partial charge < -0.3 is 5.32 Å². The molecule has 1 aliphatic rings. The Labute approximate surface area is 109 Å². The van der Waals surface area contributed by atoms with Gasteiger partial charge in [-0.2, -0.15) is 0 Å². The van der Waals surface area contributed by atoms with Crippen LogP contribution in [0.15, 0.2) is 0 Å². The summed E-state index contributed by atoms with van der Waals surface area (Å²) in [7, 11) is 0. The van der Waals surface area contributed by atoms with Crippen molar-refractivity contribution in [2.75, 3.05) is 6.54 Å². The molecule has 0 amide bonds. The van der Waals surface area contributed by atoms with Crippen LogP contribution >= 0.6 is 0 Å². The molecule has 102 valence electrons. The van der Waals surface area contributed by atoms with Crippen LogP contribution in [0, 0.1) is 16.7 Å². The Hall–Kier alpha value is -0.0400. The quantitative estimate of drug-likeness (QED) is 0.713. The molecule has 1 nitrogen and oxygen atoms in total. The van der Waals surface area contributed by atoms with Gasteiger partial charge in [-0.05, 0) is 49.0 Å². The SMILES string of the molecule is CC(C)(C)CCCC(CNC1CC1)C(C)(C)C. The zero-order valence-electron chi connectivity index (χ0n) is 12.9. The molecule has 1 saturated carbocycles. The van der Waals surface area contributed by atoms with E-state index in [0.29, 0.717) is 10.8 Å². The van der Waals surface area contributed by atoms with Gasteiger partial charge in [0.05, 0.1) is 0 Å². The van der Waals surface area contributed by atoms with Crippen molar-refractivity contribution in [1.29, 1.82) is 0 Å². The van der Waals surface area contributed by atoms with Gasteiger partial charge in [0, 0.05) is 6.04 Å². The van der Waals surface area contributed by atoms with E-state index in [9.17, 15) is 0 Å². The molecule has 0 aromatic rings. The lowest BCUT2D eigenvalue weighted by molar-refractivity contribution is 0.203. The van der Waals surface area contributed by atoms with E-state index in [0.717, 1.165) is 12.0 Å². The van der Waals surface area contributed by atoms with Crippen molar-refractivity contribution in [2.45, 2.75) is 79.7 Å². The maximum Gasteiger partial charge on any atom is 0.00683 e. The summed E-state index contributed by atoms with van der Waals surface area (Å²) in [6.45, 7) is 15.4. The van der Waals surface area contributed by atoms with E-state index in [4.69, 9.17) is 0 Å². The molecular weight excluding hydrogens is 206 g/mol. The molecule has 1 rings (SSSR count). The zero-order valence-corrected chi connectivity index (χ0v) is 12.9. The first-order chi connectivity index (χ1) is 7.68. The Morgan fingerprint density at radius 2 is 1.65 bits per heavy atom. The number of hydrogen-bond donors (Lipinski definition) is 1. The summed E-state index contributed by atoms with van der Waals surface area (Å²) in [5.74, 6) is 0.824. The van der Waals surface area contributed by atoms with E-state index in [2.05, 4.69) is 46.9 Å². The highest BCUT2D eigenvalue weighted by atomic mass is 14.9. The summed E-state index contributed by atoms with van der Waals surface area (Å²) in [6.07, 6.45) is 6.90. The van der Waals surface area contributed by atoms with Gasteiger partial charge in [0.2, 0.25) is 0 Å². The molecule has 1 atom stereocenters. The third-order valence-corrected chi connectivity index (χ3v) is 3.93. The van der Waals surface area contributed by atoms with Gasteiger partial charge in [0.25, 0.3) is 0 Å². The molecule has 0 spiro atoms. The minimum atomic E-state index is 0.444. The fourth-order valence-corrected chi connectivity index (χ4v) is 2.32. The molecule has 0 aromatic heterocycles. The van der Waals surface area contributed by atoms with Crippen molar-refractivity contribution < 1.29 is 0 Å². The Morgan fingerprint density at radius 1 is 1.06 bits per heavy atom. The van der Waals surface area contributed by atoms with Gasteiger partial charge in [0.15, 0.2) is 0 Å². The van der Waals surface area contributed by atoms with Crippen LogP contribution in [0.5, 0.6) is 0 Å². The number of hydrogen-bond acceptors (Lipinski definition) is 1. The highest BCUT2D eigenvalue weighted by molar-refractivity contribution is 4.84. The van der Waals surface area contributed by atoms with E-state index in [1.807, 2.05) is 0 Å². The van der Waals surface area contributed by atoms with Crippen molar-refractivity contribution in [3.05, 3.63) is 0 Å². The van der Waals surface area contributed by atoms with Gasteiger partial charge >= 0.3 is 0 Å². The molecule has 0 aromatic carbocycles. The predicted octanol–water partition coefficient (Wildman–Crippen LogP) is 4.62. The van der Waals surface area contributed by atoms with Crippen LogP contribution in [-0.4, -0.2) is 12.6 Å². The van der Waals surface area contributed by atoms with Crippen molar-refractivity contribution in [1.82, 2.24) is 5.32 Å². The standard InChI is InChI=1S/C16H33N/c1-15(2,3)11-7-8-13(16(4,5)6)12-17-14-9-10-14/h13-14,17H,7-12H2,1-6H3. The van der Waals surface area contributed by atoms with E-state index in [-0.39, 0.29) is 0 Å². The summed E-state index contributed by atoms with van der Waals surface area (Å²) in [4.78, 5) is 0. The second-order valence-electron chi connectivity index (χ2n) is 8.20. The maximum absolute atomic E-state index is 3.71. The van der Waals surface area contributed by atoms with E-state index in [1.54, 1.807) is 0 Å². The lowest BCUT2D eigenvalue weighted by atomic mass is 9.76. The fourth-order valence-electron chi connectivity index (χ4n) is 2.32. The predicted molar refractivity (Wildman–Crippen MR) is 77.3 cm³/mol. The van der Waals surface area contributed by atoms with Crippen LogP contribution in [0.3, 0.4) is 0 Å². The molecule has 0 bridgehead atoms. The highest BCUT2D eigenvalue weighted by Crippen LogP contribution is 2.32. The Balaban J connectivity index is 2.29. The van der Waals surface area contributed by atoms with E-state index in [1.165, 1.54) is 38.6 Å². The summed E-state index contributed by atoms with van der Waals surface area (Å²) in [6, 6.07) is 0.850. The average molecular weight is 239 g/mol. The van der Waals surface area contributed by atoms with Crippen LogP contribution in [0.1, 0.15) is 73.6 Å². The fraction of sp³-hybridized carbons (Fsp3) is 1.00. The van der Waals surface area contributed by atoms with Crippen LogP contribution < -0.4 is 5.32 Å². The first-order valence-corrected chi connectivity index (χ1v) is 7.42. The minimum absolute atomic E-state index is 0.444. The molecule has 0 heterocycles. The molecule has 0 radical (unpaired) electrons. The topological polar surface area (TPSA) is 12.0 Å². The smallest absolute Gasteiger partial charge is 0.00683 e. The molecule has 17 heavy (non-hydrogen) atoms. The van der Waals surface area contributed by atoms with Gasteiger partial charge in [-0.1, -0.05) is 48.0 Å². The van der Waals surface area contributed by atoms with Gasteiger partial charge in [-0.25, -0.2) is 0 Å². The lowest BCUT2D eigenvalue weighted by Crippen LogP contribution is -2.33. The second kappa shape index (κ2) is 5.73. The monoisotopic (exact) mass is 239 g/mol. The van der Waals surface area contributed by atoms with Gasteiger partial charge in [0.1, 0.15) is 0 Å². The molecule has 1 N–H and O–H groups in total. The van der Waals surface area contributed by atoms with Gasteiger partial charge in [-0.15, -0.1) is 0 Å². The lowest BCUT2D eigenvalue weighted by Gasteiger charge is -2.32. The zero-order chi connectivity index (χ0) is 13.1. The normalized spacial score (nSPS) is 19.4. The second-order valence-corrected chi connectivity index (χ2v) is 8.20. The molecule has 1 heteroatoms.